The molecule has 9 nitrogen and oxygen atoms in total. The fourth-order valence-corrected chi connectivity index (χ4v) is 4.48. The summed E-state index contributed by atoms with van der Waals surface area (Å²) in [6.07, 6.45) is 9.38. The van der Waals surface area contributed by atoms with Gasteiger partial charge in [-0.15, -0.1) is 10.2 Å². The molecule has 0 saturated carbocycles. The van der Waals surface area contributed by atoms with Gasteiger partial charge in [0.05, 0.1) is 6.20 Å². The van der Waals surface area contributed by atoms with Crippen molar-refractivity contribution in [3.63, 3.8) is 0 Å². The van der Waals surface area contributed by atoms with E-state index in [4.69, 9.17) is 0 Å². The molecule has 3 aromatic rings. The standard InChI is InChI=1S/C18H22N8O/c1-23-8-5-19-15(23)14-16(27)26-7-4-18(17(26)22-21-14)3-6-25(12-18)11-13-9-20-24(2)10-13/h5,8-10H,3-4,6-7,11-12H2,1-2H3. The fraction of sp³-hybridized carbons (Fsp3) is 0.500. The van der Waals surface area contributed by atoms with Crippen molar-refractivity contribution in [1.29, 1.82) is 0 Å². The van der Waals surface area contributed by atoms with E-state index in [0.717, 1.165) is 38.3 Å². The second-order valence-electron chi connectivity index (χ2n) is 7.70. The molecule has 0 radical (unpaired) electrons. The van der Waals surface area contributed by atoms with Crippen molar-refractivity contribution >= 4 is 0 Å². The largest absolute Gasteiger partial charge is 0.333 e. The van der Waals surface area contributed by atoms with Crippen LogP contribution in [0.15, 0.2) is 29.6 Å². The molecular formula is C18H22N8O. The van der Waals surface area contributed by atoms with Gasteiger partial charge in [-0.1, -0.05) is 0 Å². The number of nitrogens with zero attached hydrogens (tertiary/aromatic N) is 8. The third-order valence-electron chi connectivity index (χ3n) is 5.87. The van der Waals surface area contributed by atoms with E-state index in [2.05, 4.69) is 31.4 Å². The summed E-state index contributed by atoms with van der Waals surface area (Å²) in [5.74, 6) is 1.40. The maximum absolute atomic E-state index is 13.0. The van der Waals surface area contributed by atoms with Gasteiger partial charge in [-0.05, 0) is 19.4 Å². The van der Waals surface area contributed by atoms with E-state index in [9.17, 15) is 4.79 Å². The molecule has 2 aliphatic rings. The van der Waals surface area contributed by atoms with E-state index >= 15 is 0 Å². The zero-order valence-corrected chi connectivity index (χ0v) is 15.5. The van der Waals surface area contributed by atoms with Crippen molar-refractivity contribution in [3.05, 3.63) is 46.5 Å². The van der Waals surface area contributed by atoms with Crippen LogP contribution in [0.1, 0.15) is 24.2 Å². The van der Waals surface area contributed by atoms with Gasteiger partial charge in [0.1, 0.15) is 5.82 Å². The minimum Gasteiger partial charge on any atom is -0.333 e. The first-order valence-corrected chi connectivity index (χ1v) is 9.21. The van der Waals surface area contributed by atoms with Crippen LogP contribution < -0.4 is 5.56 Å². The molecule has 0 N–H and O–H groups in total. The second kappa shape index (κ2) is 5.85. The molecule has 0 amide bonds. The topological polar surface area (TPSA) is 86.7 Å². The number of imidazole rings is 1. The van der Waals surface area contributed by atoms with Crippen molar-refractivity contribution in [1.82, 2.24) is 39.0 Å². The Balaban J connectivity index is 1.44. The predicted octanol–water partition coefficient (Wildman–Crippen LogP) is 0.320. The first-order chi connectivity index (χ1) is 13.1. The van der Waals surface area contributed by atoms with Gasteiger partial charge in [0, 0.05) is 63.3 Å². The summed E-state index contributed by atoms with van der Waals surface area (Å²) >= 11 is 0. The van der Waals surface area contributed by atoms with E-state index in [-0.39, 0.29) is 11.0 Å². The first-order valence-electron chi connectivity index (χ1n) is 9.21. The van der Waals surface area contributed by atoms with Crippen LogP contribution in [-0.4, -0.2) is 52.1 Å². The number of aryl methyl sites for hydroxylation is 2. The number of hydrogen-bond acceptors (Lipinski definition) is 6. The highest BCUT2D eigenvalue weighted by atomic mass is 16.1. The van der Waals surface area contributed by atoms with Crippen molar-refractivity contribution in [3.8, 4) is 11.5 Å². The second-order valence-corrected chi connectivity index (χ2v) is 7.70. The molecular weight excluding hydrogens is 344 g/mol. The Bertz CT molecular complexity index is 1060. The van der Waals surface area contributed by atoms with Crippen molar-refractivity contribution < 1.29 is 0 Å². The van der Waals surface area contributed by atoms with Crippen molar-refractivity contribution in [2.24, 2.45) is 14.1 Å². The summed E-state index contributed by atoms with van der Waals surface area (Å²) in [5, 5.41) is 13.1. The number of fused-ring (bicyclic) bond motifs is 2. The smallest absolute Gasteiger partial charge is 0.283 e. The molecule has 1 atom stereocenters. The molecule has 1 unspecified atom stereocenters. The Morgan fingerprint density at radius 3 is 2.78 bits per heavy atom. The Labute approximate surface area is 156 Å². The van der Waals surface area contributed by atoms with Crippen molar-refractivity contribution in [2.75, 3.05) is 13.1 Å². The van der Waals surface area contributed by atoms with Crippen molar-refractivity contribution in [2.45, 2.75) is 31.3 Å². The normalized spacial score (nSPS) is 22.0. The molecule has 27 heavy (non-hydrogen) atoms. The highest BCUT2D eigenvalue weighted by molar-refractivity contribution is 5.47. The van der Waals surface area contributed by atoms with Gasteiger partial charge in [-0.2, -0.15) is 5.10 Å². The van der Waals surface area contributed by atoms with E-state index in [0.29, 0.717) is 18.1 Å². The van der Waals surface area contributed by atoms with Crippen LogP contribution >= 0.6 is 0 Å². The summed E-state index contributed by atoms with van der Waals surface area (Å²) in [6.45, 7) is 3.46. The number of likely N-dealkylation sites (tertiary alicyclic amines) is 1. The summed E-state index contributed by atoms with van der Waals surface area (Å²) in [6, 6.07) is 0. The first kappa shape index (κ1) is 16.4. The highest BCUT2D eigenvalue weighted by Crippen LogP contribution is 2.41. The highest BCUT2D eigenvalue weighted by Gasteiger charge is 2.47. The minimum atomic E-state index is -0.0862. The molecule has 0 bridgehead atoms. The molecule has 0 aromatic carbocycles. The van der Waals surface area contributed by atoms with Crippen LogP contribution in [0, 0.1) is 0 Å². The molecule has 1 fully saturated rings. The van der Waals surface area contributed by atoms with E-state index in [1.165, 1.54) is 5.56 Å². The van der Waals surface area contributed by atoms with Crippen LogP contribution in [0.4, 0.5) is 0 Å². The average Bonchev–Trinajstić information content (AvgIpc) is 3.41. The average molecular weight is 366 g/mol. The minimum absolute atomic E-state index is 0.0749. The molecule has 5 heterocycles. The summed E-state index contributed by atoms with van der Waals surface area (Å²) in [4.78, 5) is 19.7. The fourth-order valence-electron chi connectivity index (χ4n) is 4.48. The Hall–Kier alpha value is -2.81. The van der Waals surface area contributed by atoms with Crippen LogP contribution in [0.25, 0.3) is 11.5 Å². The third kappa shape index (κ3) is 2.53. The van der Waals surface area contributed by atoms with Gasteiger partial charge in [0.2, 0.25) is 0 Å². The molecule has 5 rings (SSSR count). The molecule has 140 valence electrons. The maximum atomic E-state index is 13.0. The lowest BCUT2D eigenvalue weighted by Crippen LogP contribution is -2.33. The molecule has 3 aromatic heterocycles. The zero-order valence-electron chi connectivity index (χ0n) is 15.5. The summed E-state index contributed by atoms with van der Waals surface area (Å²) in [7, 11) is 3.79. The van der Waals surface area contributed by atoms with Gasteiger partial charge >= 0.3 is 0 Å². The predicted molar refractivity (Wildman–Crippen MR) is 97.9 cm³/mol. The van der Waals surface area contributed by atoms with Gasteiger partial charge in [-0.25, -0.2) is 4.98 Å². The third-order valence-corrected chi connectivity index (χ3v) is 5.87. The number of aromatic nitrogens is 7. The van der Waals surface area contributed by atoms with Gasteiger partial charge in [-0.3, -0.25) is 18.9 Å². The number of hydrogen-bond donors (Lipinski definition) is 0. The Kier molecular flexibility index (Phi) is 3.55. The van der Waals surface area contributed by atoms with Crippen LogP contribution in [-0.2, 0) is 32.6 Å². The maximum Gasteiger partial charge on any atom is 0.283 e. The van der Waals surface area contributed by atoms with Crippen LogP contribution in [0.2, 0.25) is 0 Å². The summed E-state index contributed by atoms with van der Waals surface area (Å²) in [5.41, 5.74) is 1.38. The molecule has 1 saturated heterocycles. The number of rotatable bonds is 3. The molecule has 9 heteroatoms. The Morgan fingerprint density at radius 2 is 2.04 bits per heavy atom. The SMILES string of the molecule is Cn1cc(CN2CCC3(CCn4c3nnc(-c3nccn3C)c4=O)C2)cn1. The van der Waals surface area contributed by atoms with E-state index < -0.39 is 0 Å². The quantitative estimate of drug-likeness (QED) is 0.664. The van der Waals surface area contributed by atoms with E-state index in [1.807, 2.05) is 35.7 Å². The lowest BCUT2D eigenvalue weighted by molar-refractivity contribution is 0.299. The van der Waals surface area contributed by atoms with Crippen LogP contribution in [0.3, 0.4) is 0 Å². The molecule has 1 spiro atoms. The lowest BCUT2D eigenvalue weighted by atomic mass is 9.85. The van der Waals surface area contributed by atoms with Gasteiger partial charge in [0.25, 0.3) is 5.56 Å². The lowest BCUT2D eigenvalue weighted by Gasteiger charge is -2.22. The monoisotopic (exact) mass is 366 g/mol. The van der Waals surface area contributed by atoms with Gasteiger partial charge in [0.15, 0.2) is 11.5 Å². The molecule has 0 aliphatic carbocycles. The Morgan fingerprint density at radius 1 is 1.19 bits per heavy atom. The molecule has 2 aliphatic heterocycles. The summed E-state index contributed by atoms with van der Waals surface area (Å²) < 4.78 is 5.44. The van der Waals surface area contributed by atoms with Gasteiger partial charge < -0.3 is 4.57 Å². The van der Waals surface area contributed by atoms with Crippen LogP contribution in [0.5, 0.6) is 0 Å². The van der Waals surface area contributed by atoms with E-state index in [1.54, 1.807) is 10.8 Å². The zero-order chi connectivity index (χ0) is 18.6.